The maximum Gasteiger partial charge on any atom is 0.134 e. The maximum absolute atomic E-state index is 10.7. The standard InChI is InChI=1S/C9H12O2/c1-7(10)5-8-3-2-4-9(11)6-8/h3,6,11H,2,4-5H2,1H3. The van der Waals surface area contributed by atoms with Crippen molar-refractivity contribution >= 4 is 5.78 Å². The number of aliphatic hydroxyl groups excluding tert-OH is 1. The summed E-state index contributed by atoms with van der Waals surface area (Å²) in [6.45, 7) is 1.56. The van der Waals surface area contributed by atoms with Crippen LogP contribution < -0.4 is 0 Å². The number of ketones is 1. The van der Waals surface area contributed by atoms with Crippen molar-refractivity contribution in [1.29, 1.82) is 0 Å². The topological polar surface area (TPSA) is 37.3 Å². The molecule has 0 aromatic carbocycles. The van der Waals surface area contributed by atoms with Gasteiger partial charge in [0.25, 0.3) is 0 Å². The molecule has 0 atom stereocenters. The normalized spacial score (nSPS) is 17.2. The lowest BCUT2D eigenvalue weighted by Crippen LogP contribution is -1.96. The van der Waals surface area contributed by atoms with E-state index in [1.54, 1.807) is 13.0 Å². The van der Waals surface area contributed by atoms with Crippen molar-refractivity contribution in [2.75, 3.05) is 0 Å². The highest BCUT2D eigenvalue weighted by atomic mass is 16.3. The van der Waals surface area contributed by atoms with Gasteiger partial charge in [0.05, 0.1) is 5.76 Å². The van der Waals surface area contributed by atoms with Gasteiger partial charge in [0.15, 0.2) is 0 Å². The SMILES string of the molecule is CC(=O)CC1=CCCC(O)=C1. The molecule has 0 radical (unpaired) electrons. The van der Waals surface area contributed by atoms with Crippen LogP contribution in [0.5, 0.6) is 0 Å². The van der Waals surface area contributed by atoms with Gasteiger partial charge in [0.1, 0.15) is 5.78 Å². The predicted molar refractivity (Wildman–Crippen MR) is 43.3 cm³/mol. The number of hydrogen-bond donors (Lipinski definition) is 1. The van der Waals surface area contributed by atoms with Gasteiger partial charge >= 0.3 is 0 Å². The molecule has 0 amide bonds. The predicted octanol–water partition coefficient (Wildman–Crippen LogP) is 2.13. The van der Waals surface area contributed by atoms with Gasteiger partial charge in [-0.3, -0.25) is 4.79 Å². The summed E-state index contributed by atoms with van der Waals surface area (Å²) < 4.78 is 0. The Morgan fingerprint density at radius 2 is 2.45 bits per heavy atom. The summed E-state index contributed by atoms with van der Waals surface area (Å²) in [6.07, 6.45) is 5.70. The van der Waals surface area contributed by atoms with Gasteiger partial charge in [0.2, 0.25) is 0 Å². The Balaban J connectivity index is 2.59. The zero-order chi connectivity index (χ0) is 8.27. The molecule has 0 aliphatic heterocycles. The van der Waals surface area contributed by atoms with Crippen molar-refractivity contribution < 1.29 is 9.90 Å². The Labute approximate surface area is 66.2 Å². The summed E-state index contributed by atoms with van der Waals surface area (Å²) >= 11 is 0. The third-order valence-electron chi connectivity index (χ3n) is 1.61. The highest BCUT2D eigenvalue weighted by molar-refractivity contribution is 5.78. The lowest BCUT2D eigenvalue weighted by Gasteiger charge is -2.07. The maximum atomic E-state index is 10.7. The molecule has 0 spiro atoms. The monoisotopic (exact) mass is 152 g/mol. The van der Waals surface area contributed by atoms with Crippen LogP contribution in [0.1, 0.15) is 26.2 Å². The molecule has 60 valence electrons. The average molecular weight is 152 g/mol. The van der Waals surface area contributed by atoms with E-state index in [-0.39, 0.29) is 5.78 Å². The summed E-state index contributed by atoms with van der Waals surface area (Å²) in [4.78, 5) is 10.7. The van der Waals surface area contributed by atoms with Crippen LogP contribution in [0.15, 0.2) is 23.5 Å². The first-order valence-corrected chi connectivity index (χ1v) is 3.76. The van der Waals surface area contributed by atoms with Crippen LogP contribution >= 0.6 is 0 Å². The van der Waals surface area contributed by atoms with Crippen LogP contribution in [-0.2, 0) is 4.79 Å². The molecule has 2 nitrogen and oxygen atoms in total. The van der Waals surface area contributed by atoms with Gasteiger partial charge in [-0.1, -0.05) is 6.08 Å². The molecule has 0 aromatic heterocycles. The molecule has 0 heterocycles. The Morgan fingerprint density at radius 3 is 3.00 bits per heavy atom. The fraction of sp³-hybridized carbons (Fsp3) is 0.444. The van der Waals surface area contributed by atoms with Crippen molar-refractivity contribution in [3.8, 4) is 0 Å². The molecule has 1 aliphatic carbocycles. The molecule has 0 saturated heterocycles. The van der Waals surface area contributed by atoms with Crippen LogP contribution in [0.25, 0.3) is 0 Å². The van der Waals surface area contributed by atoms with Crippen LogP contribution in [0.4, 0.5) is 0 Å². The van der Waals surface area contributed by atoms with Crippen molar-refractivity contribution in [1.82, 2.24) is 0 Å². The second-order valence-electron chi connectivity index (χ2n) is 2.83. The van der Waals surface area contributed by atoms with E-state index in [0.29, 0.717) is 18.6 Å². The van der Waals surface area contributed by atoms with E-state index in [4.69, 9.17) is 5.11 Å². The van der Waals surface area contributed by atoms with Crippen molar-refractivity contribution in [3.05, 3.63) is 23.5 Å². The van der Waals surface area contributed by atoms with E-state index in [1.807, 2.05) is 6.08 Å². The van der Waals surface area contributed by atoms with Crippen molar-refractivity contribution in [2.45, 2.75) is 26.2 Å². The summed E-state index contributed by atoms with van der Waals surface area (Å²) in [7, 11) is 0. The molecule has 0 fully saturated rings. The minimum absolute atomic E-state index is 0.141. The lowest BCUT2D eigenvalue weighted by atomic mass is 10.0. The number of carbonyl (C=O) groups is 1. The average Bonchev–Trinajstić information content (AvgIpc) is 1.85. The smallest absolute Gasteiger partial charge is 0.134 e. The molecule has 1 rings (SSSR count). The molecular formula is C9H12O2. The largest absolute Gasteiger partial charge is 0.512 e. The van der Waals surface area contributed by atoms with Gasteiger partial charge in [0, 0.05) is 12.8 Å². The number of carbonyl (C=O) groups excluding carboxylic acids is 1. The minimum atomic E-state index is 0.141. The summed E-state index contributed by atoms with van der Waals surface area (Å²) in [5.74, 6) is 0.533. The zero-order valence-electron chi connectivity index (χ0n) is 6.63. The van der Waals surface area contributed by atoms with Crippen LogP contribution in [0, 0.1) is 0 Å². The zero-order valence-corrected chi connectivity index (χ0v) is 6.63. The van der Waals surface area contributed by atoms with Crippen LogP contribution in [-0.4, -0.2) is 10.9 Å². The molecule has 0 aromatic rings. The van der Waals surface area contributed by atoms with Crippen molar-refractivity contribution in [2.24, 2.45) is 0 Å². The molecule has 2 heteroatoms. The van der Waals surface area contributed by atoms with Crippen LogP contribution in [0.3, 0.4) is 0 Å². The Hall–Kier alpha value is -1.05. The molecule has 1 N–H and O–H groups in total. The van der Waals surface area contributed by atoms with E-state index < -0.39 is 0 Å². The number of hydrogen-bond acceptors (Lipinski definition) is 2. The van der Waals surface area contributed by atoms with E-state index in [9.17, 15) is 4.79 Å². The number of rotatable bonds is 2. The Morgan fingerprint density at radius 1 is 1.73 bits per heavy atom. The van der Waals surface area contributed by atoms with E-state index in [0.717, 1.165) is 12.0 Å². The Bertz CT molecular complexity index is 224. The van der Waals surface area contributed by atoms with Gasteiger partial charge < -0.3 is 5.11 Å². The molecule has 0 unspecified atom stereocenters. The first-order chi connectivity index (χ1) is 5.18. The first-order valence-electron chi connectivity index (χ1n) is 3.76. The molecular weight excluding hydrogens is 140 g/mol. The number of Topliss-reactive ketones (excluding diaryl/α,β-unsaturated/α-hetero) is 1. The second-order valence-corrected chi connectivity index (χ2v) is 2.83. The molecule has 1 aliphatic rings. The van der Waals surface area contributed by atoms with Crippen molar-refractivity contribution in [3.63, 3.8) is 0 Å². The summed E-state index contributed by atoms with van der Waals surface area (Å²) in [5.41, 5.74) is 0.946. The Kier molecular flexibility index (Phi) is 2.47. The van der Waals surface area contributed by atoms with Gasteiger partial charge in [-0.15, -0.1) is 0 Å². The minimum Gasteiger partial charge on any atom is -0.512 e. The molecule has 11 heavy (non-hydrogen) atoms. The number of allylic oxidation sites excluding steroid dienone is 4. The van der Waals surface area contributed by atoms with Gasteiger partial charge in [-0.2, -0.15) is 0 Å². The highest BCUT2D eigenvalue weighted by Crippen LogP contribution is 2.17. The van der Waals surface area contributed by atoms with Gasteiger partial charge in [-0.05, 0) is 25.0 Å². The highest BCUT2D eigenvalue weighted by Gasteiger charge is 2.04. The fourth-order valence-corrected chi connectivity index (χ4v) is 1.16. The molecule has 0 bridgehead atoms. The van der Waals surface area contributed by atoms with Crippen LogP contribution in [0.2, 0.25) is 0 Å². The summed E-state index contributed by atoms with van der Waals surface area (Å²) in [6, 6.07) is 0. The summed E-state index contributed by atoms with van der Waals surface area (Å²) in [5, 5.41) is 9.10. The first kappa shape index (κ1) is 8.05. The quantitative estimate of drug-likeness (QED) is 0.658. The fourth-order valence-electron chi connectivity index (χ4n) is 1.16. The number of aliphatic hydroxyl groups is 1. The molecule has 0 saturated carbocycles. The van der Waals surface area contributed by atoms with E-state index in [2.05, 4.69) is 0 Å². The third kappa shape index (κ3) is 2.58. The lowest BCUT2D eigenvalue weighted by molar-refractivity contribution is -0.116. The third-order valence-corrected chi connectivity index (χ3v) is 1.61. The van der Waals surface area contributed by atoms with Gasteiger partial charge in [-0.25, -0.2) is 0 Å². The second kappa shape index (κ2) is 3.37. The van der Waals surface area contributed by atoms with E-state index in [1.165, 1.54) is 0 Å². The van der Waals surface area contributed by atoms with E-state index >= 15 is 0 Å².